The predicted octanol–water partition coefficient (Wildman–Crippen LogP) is 3.94. The lowest BCUT2D eigenvalue weighted by Gasteiger charge is -2.35. The van der Waals surface area contributed by atoms with Crippen molar-refractivity contribution in [3.63, 3.8) is 0 Å². The molecule has 3 bridgehead atoms. The van der Waals surface area contributed by atoms with Crippen LogP contribution in [0.1, 0.15) is 61.3 Å². The number of nitrogens with one attached hydrogen (secondary N) is 1. The Hall–Kier alpha value is -3.09. The quantitative estimate of drug-likeness (QED) is 0.694. The van der Waals surface area contributed by atoms with Gasteiger partial charge in [0.05, 0.1) is 5.41 Å². The zero-order chi connectivity index (χ0) is 20.9. The summed E-state index contributed by atoms with van der Waals surface area (Å²) in [6.45, 7) is 0. The summed E-state index contributed by atoms with van der Waals surface area (Å²) in [7, 11) is 0. The highest BCUT2D eigenvalue weighted by Gasteiger charge is 2.62. The summed E-state index contributed by atoms with van der Waals surface area (Å²) in [4.78, 5) is 21.7. The number of aromatic nitrogens is 4. The van der Waals surface area contributed by atoms with Crippen LogP contribution in [-0.2, 0) is 5.41 Å². The standard InChI is InChI=1S/C24H25N5O2/c30-20(18-7-1-3-10-25-18)27-24-9-5-6-16-12-17(24)14-23(13-16,15-24)22-29-28-21(31-22)19-8-2-4-11-26-19/h1-4,7-8,10-11,16-17H,5-6,9,12-15H2,(H,27,30). The van der Waals surface area contributed by atoms with Crippen LogP contribution in [0.4, 0.5) is 0 Å². The fraction of sp³-hybridized carbons (Fsp3) is 0.458. The highest BCUT2D eigenvalue weighted by atomic mass is 16.4. The fourth-order valence-electron chi connectivity index (χ4n) is 6.49. The Labute approximate surface area is 180 Å². The number of rotatable bonds is 4. The summed E-state index contributed by atoms with van der Waals surface area (Å²) in [6, 6.07) is 11.1. The zero-order valence-corrected chi connectivity index (χ0v) is 17.3. The number of carbonyl (C=O) groups is 1. The first kappa shape index (κ1) is 18.7. The lowest BCUT2D eigenvalue weighted by atomic mass is 9.69. The molecule has 7 nitrogen and oxygen atoms in total. The summed E-state index contributed by atoms with van der Waals surface area (Å²) in [6.07, 6.45) is 10.8. The van der Waals surface area contributed by atoms with Crippen LogP contribution in [0.25, 0.3) is 11.6 Å². The SMILES string of the molecule is O=C(NC12CCCC3CC1CC(c1nnc(-c4ccccn4)o1)(C3)C2)c1ccccn1. The van der Waals surface area contributed by atoms with Crippen LogP contribution in [0.5, 0.6) is 0 Å². The molecule has 31 heavy (non-hydrogen) atoms. The number of nitrogens with zero attached hydrogens (tertiary/aromatic N) is 4. The molecule has 3 fully saturated rings. The number of hydrogen-bond donors (Lipinski definition) is 1. The van der Waals surface area contributed by atoms with E-state index >= 15 is 0 Å². The van der Waals surface area contributed by atoms with E-state index in [1.807, 2.05) is 30.3 Å². The maximum Gasteiger partial charge on any atom is 0.270 e. The third kappa shape index (κ3) is 3.06. The topological polar surface area (TPSA) is 93.8 Å². The average molecular weight is 415 g/mol. The molecule has 0 radical (unpaired) electrons. The van der Waals surface area contributed by atoms with Crippen molar-refractivity contribution in [2.24, 2.45) is 11.8 Å². The van der Waals surface area contributed by atoms with Gasteiger partial charge in [0.25, 0.3) is 11.8 Å². The molecule has 3 saturated carbocycles. The Kier molecular flexibility index (Phi) is 4.20. The third-order valence-electron chi connectivity index (χ3n) is 7.63. The van der Waals surface area contributed by atoms with Crippen molar-refractivity contribution in [1.29, 1.82) is 0 Å². The molecule has 3 aliphatic carbocycles. The van der Waals surface area contributed by atoms with Gasteiger partial charge >= 0.3 is 0 Å². The van der Waals surface area contributed by atoms with Crippen LogP contribution in [0.15, 0.2) is 53.2 Å². The van der Waals surface area contributed by atoms with E-state index < -0.39 is 0 Å². The van der Waals surface area contributed by atoms with Gasteiger partial charge in [-0.3, -0.25) is 14.8 Å². The Morgan fingerprint density at radius 2 is 1.94 bits per heavy atom. The van der Waals surface area contributed by atoms with Gasteiger partial charge in [0.1, 0.15) is 11.4 Å². The van der Waals surface area contributed by atoms with Gasteiger partial charge in [0, 0.05) is 17.9 Å². The van der Waals surface area contributed by atoms with Crippen molar-refractivity contribution in [2.75, 3.05) is 0 Å². The van der Waals surface area contributed by atoms with Crippen molar-refractivity contribution in [1.82, 2.24) is 25.5 Å². The number of amides is 1. The van der Waals surface area contributed by atoms with Gasteiger partial charge < -0.3 is 9.73 Å². The Morgan fingerprint density at radius 1 is 1.06 bits per heavy atom. The molecule has 7 heteroatoms. The van der Waals surface area contributed by atoms with E-state index in [0.29, 0.717) is 35.0 Å². The van der Waals surface area contributed by atoms with Crippen LogP contribution in [0.3, 0.4) is 0 Å². The molecule has 3 aromatic heterocycles. The van der Waals surface area contributed by atoms with Gasteiger partial charge in [-0.15, -0.1) is 10.2 Å². The first-order chi connectivity index (χ1) is 15.2. The molecule has 3 heterocycles. The molecular weight excluding hydrogens is 390 g/mol. The third-order valence-corrected chi connectivity index (χ3v) is 7.63. The normalized spacial score (nSPS) is 31.4. The summed E-state index contributed by atoms with van der Waals surface area (Å²) in [5, 5.41) is 12.3. The van der Waals surface area contributed by atoms with E-state index in [4.69, 9.17) is 4.42 Å². The minimum Gasteiger partial charge on any atom is -0.419 e. The monoisotopic (exact) mass is 415 g/mol. The molecular formula is C24H25N5O2. The summed E-state index contributed by atoms with van der Waals surface area (Å²) in [5.74, 6) is 2.16. The molecule has 0 saturated heterocycles. The number of carbonyl (C=O) groups excluding carboxylic acids is 1. The molecule has 1 N–H and O–H groups in total. The van der Waals surface area contributed by atoms with Crippen molar-refractivity contribution in [3.05, 3.63) is 60.4 Å². The predicted molar refractivity (Wildman–Crippen MR) is 113 cm³/mol. The van der Waals surface area contributed by atoms with Crippen LogP contribution in [-0.4, -0.2) is 31.6 Å². The van der Waals surface area contributed by atoms with Crippen LogP contribution in [0, 0.1) is 11.8 Å². The maximum atomic E-state index is 13.1. The van der Waals surface area contributed by atoms with E-state index in [-0.39, 0.29) is 16.9 Å². The van der Waals surface area contributed by atoms with Crippen LogP contribution >= 0.6 is 0 Å². The molecule has 0 spiro atoms. The van der Waals surface area contributed by atoms with Gasteiger partial charge in [0.15, 0.2) is 0 Å². The number of pyridine rings is 2. The van der Waals surface area contributed by atoms with Crippen molar-refractivity contribution < 1.29 is 9.21 Å². The molecule has 3 aliphatic rings. The molecule has 158 valence electrons. The first-order valence-corrected chi connectivity index (χ1v) is 11.1. The lowest BCUT2D eigenvalue weighted by Crippen LogP contribution is -2.51. The van der Waals surface area contributed by atoms with Crippen molar-refractivity contribution in [3.8, 4) is 11.6 Å². The molecule has 4 atom stereocenters. The number of fused-ring (bicyclic) bond motifs is 2. The molecule has 0 aromatic carbocycles. The molecule has 0 aliphatic heterocycles. The molecule has 4 unspecified atom stereocenters. The van der Waals surface area contributed by atoms with Gasteiger partial charge in [-0.25, -0.2) is 0 Å². The highest BCUT2D eigenvalue weighted by Crippen LogP contribution is 2.62. The van der Waals surface area contributed by atoms with E-state index in [2.05, 4.69) is 25.5 Å². The van der Waals surface area contributed by atoms with E-state index in [9.17, 15) is 4.79 Å². The molecule has 6 rings (SSSR count). The van der Waals surface area contributed by atoms with E-state index in [1.165, 1.54) is 6.42 Å². The maximum absolute atomic E-state index is 13.1. The van der Waals surface area contributed by atoms with Gasteiger partial charge in [-0.05, 0) is 68.2 Å². The second-order valence-electron chi connectivity index (χ2n) is 9.51. The lowest BCUT2D eigenvalue weighted by molar-refractivity contribution is 0.0856. The zero-order valence-electron chi connectivity index (χ0n) is 17.3. The first-order valence-electron chi connectivity index (χ1n) is 11.1. The van der Waals surface area contributed by atoms with E-state index in [1.54, 1.807) is 18.5 Å². The summed E-state index contributed by atoms with van der Waals surface area (Å²) in [5.41, 5.74) is 0.759. The van der Waals surface area contributed by atoms with Crippen molar-refractivity contribution >= 4 is 5.91 Å². The van der Waals surface area contributed by atoms with E-state index in [0.717, 1.165) is 38.5 Å². The molecule has 1 amide bonds. The summed E-state index contributed by atoms with van der Waals surface area (Å²) < 4.78 is 6.22. The van der Waals surface area contributed by atoms with Crippen LogP contribution in [0.2, 0.25) is 0 Å². The average Bonchev–Trinajstić information content (AvgIpc) is 3.35. The second-order valence-corrected chi connectivity index (χ2v) is 9.51. The smallest absolute Gasteiger partial charge is 0.270 e. The van der Waals surface area contributed by atoms with Gasteiger partial charge in [-0.2, -0.15) is 0 Å². The number of hydrogen-bond acceptors (Lipinski definition) is 6. The minimum absolute atomic E-state index is 0.0820. The largest absolute Gasteiger partial charge is 0.419 e. The fourth-order valence-corrected chi connectivity index (χ4v) is 6.49. The van der Waals surface area contributed by atoms with Gasteiger partial charge in [0.2, 0.25) is 5.89 Å². The highest BCUT2D eigenvalue weighted by molar-refractivity contribution is 5.92. The summed E-state index contributed by atoms with van der Waals surface area (Å²) >= 11 is 0. The Balaban J connectivity index is 1.34. The molecule has 3 aromatic rings. The second kappa shape index (κ2) is 6.97. The minimum atomic E-state index is -0.237. The van der Waals surface area contributed by atoms with Crippen LogP contribution < -0.4 is 5.32 Å². The van der Waals surface area contributed by atoms with Gasteiger partial charge in [-0.1, -0.05) is 25.0 Å². The Morgan fingerprint density at radius 3 is 2.74 bits per heavy atom. The van der Waals surface area contributed by atoms with Crippen molar-refractivity contribution in [2.45, 2.75) is 55.9 Å². The Bertz CT molecular complexity index is 1100.